The summed E-state index contributed by atoms with van der Waals surface area (Å²) in [5.41, 5.74) is 1.68. The smallest absolute Gasteiger partial charge is 0.175 e. The molecular formula is C21H20F3NO3S. The molecular weight excluding hydrogens is 403 g/mol. The van der Waals surface area contributed by atoms with Gasteiger partial charge in [-0.3, -0.25) is 0 Å². The minimum atomic E-state index is -3.69. The second-order valence-corrected chi connectivity index (χ2v) is 9.40. The van der Waals surface area contributed by atoms with E-state index in [1.807, 2.05) is 6.07 Å². The molecule has 0 aromatic heterocycles. The van der Waals surface area contributed by atoms with Crippen LogP contribution in [0.1, 0.15) is 46.4 Å². The van der Waals surface area contributed by atoms with Crippen LogP contribution in [0.2, 0.25) is 0 Å². The number of nitrogens with zero attached hydrogens (tertiary/aromatic N) is 1. The van der Waals surface area contributed by atoms with E-state index in [2.05, 4.69) is 0 Å². The largest absolute Gasteiger partial charge is 0.385 e. The van der Waals surface area contributed by atoms with Crippen molar-refractivity contribution in [3.63, 3.8) is 0 Å². The summed E-state index contributed by atoms with van der Waals surface area (Å²) < 4.78 is 65.9. The van der Waals surface area contributed by atoms with E-state index in [1.54, 1.807) is 0 Å². The second-order valence-electron chi connectivity index (χ2n) is 7.42. The lowest BCUT2D eigenvalue weighted by Crippen LogP contribution is -2.10. The van der Waals surface area contributed by atoms with Crippen molar-refractivity contribution >= 4 is 9.84 Å². The third-order valence-corrected chi connectivity index (χ3v) is 6.30. The third kappa shape index (κ3) is 4.16. The van der Waals surface area contributed by atoms with Crippen LogP contribution in [0, 0.1) is 17.1 Å². The van der Waals surface area contributed by atoms with Crippen molar-refractivity contribution in [3.05, 3.63) is 63.5 Å². The Morgan fingerprint density at radius 1 is 1.31 bits per heavy atom. The van der Waals surface area contributed by atoms with Gasteiger partial charge < -0.3 is 5.11 Å². The van der Waals surface area contributed by atoms with Crippen LogP contribution in [0.25, 0.3) is 0 Å². The molecule has 0 saturated carbocycles. The Morgan fingerprint density at radius 3 is 2.59 bits per heavy atom. The van der Waals surface area contributed by atoms with E-state index in [0.717, 1.165) is 12.3 Å². The van der Waals surface area contributed by atoms with E-state index < -0.39 is 34.1 Å². The molecule has 4 nitrogen and oxygen atoms in total. The van der Waals surface area contributed by atoms with Gasteiger partial charge in [0.15, 0.2) is 9.84 Å². The predicted molar refractivity (Wildman–Crippen MR) is 101 cm³/mol. The van der Waals surface area contributed by atoms with Crippen LogP contribution in [-0.4, -0.2) is 32.1 Å². The number of rotatable bonds is 5. The first-order valence-corrected chi connectivity index (χ1v) is 10.9. The highest BCUT2D eigenvalue weighted by Gasteiger charge is 2.37. The highest BCUT2D eigenvalue weighted by atomic mass is 32.2. The van der Waals surface area contributed by atoms with E-state index in [9.17, 15) is 32.0 Å². The zero-order valence-corrected chi connectivity index (χ0v) is 16.7. The van der Waals surface area contributed by atoms with Crippen LogP contribution in [0.4, 0.5) is 13.2 Å². The lowest BCUT2D eigenvalue weighted by Gasteiger charge is -2.17. The topological polar surface area (TPSA) is 78.2 Å². The van der Waals surface area contributed by atoms with Gasteiger partial charge in [-0.25, -0.2) is 21.6 Å². The van der Waals surface area contributed by atoms with Gasteiger partial charge in [0, 0.05) is 24.7 Å². The number of benzene rings is 2. The molecule has 2 aromatic rings. The van der Waals surface area contributed by atoms with Gasteiger partial charge >= 0.3 is 0 Å². The van der Waals surface area contributed by atoms with Gasteiger partial charge in [-0.05, 0) is 53.8 Å². The Kier molecular flexibility index (Phi) is 5.74. The summed E-state index contributed by atoms with van der Waals surface area (Å²) in [5.74, 6) is -0.655. The second kappa shape index (κ2) is 7.81. The SMILES string of the molecule is CC(F)Cc1cc(F)cc(C#N)c1Cc1ccc(S(C)(=O)=O)c2c1CC(F)C2O. The number of aliphatic hydroxyl groups is 1. The van der Waals surface area contributed by atoms with E-state index in [1.165, 1.54) is 25.1 Å². The van der Waals surface area contributed by atoms with Crippen LogP contribution in [0.5, 0.6) is 0 Å². The number of hydrogen-bond donors (Lipinski definition) is 1. The fourth-order valence-electron chi connectivity index (χ4n) is 3.91. The summed E-state index contributed by atoms with van der Waals surface area (Å²) in [6.45, 7) is 1.32. The van der Waals surface area contributed by atoms with E-state index in [-0.39, 0.29) is 35.3 Å². The average molecular weight is 423 g/mol. The maximum atomic E-state index is 14.2. The molecule has 0 heterocycles. The van der Waals surface area contributed by atoms with E-state index in [4.69, 9.17) is 0 Å². The molecule has 8 heteroatoms. The fraction of sp³-hybridized carbons (Fsp3) is 0.381. The van der Waals surface area contributed by atoms with Gasteiger partial charge in [-0.2, -0.15) is 5.26 Å². The van der Waals surface area contributed by atoms with Crippen molar-refractivity contribution in [2.24, 2.45) is 0 Å². The summed E-state index contributed by atoms with van der Waals surface area (Å²) >= 11 is 0. The summed E-state index contributed by atoms with van der Waals surface area (Å²) in [5, 5.41) is 19.6. The van der Waals surface area contributed by atoms with Gasteiger partial charge in [-0.15, -0.1) is 0 Å². The molecule has 0 spiro atoms. The number of fused-ring (bicyclic) bond motifs is 1. The van der Waals surface area contributed by atoms with E-state index in [0.29, 0.717) is 22.3 Å². The first kappa shape index (κ1) is 21.3. The third-order valence-electron chi connectivity index (χ3n) is 5.15. The number of sulfone groups is 1. The van der Waals surface area contributed by atoms with Crippen LogP contribution >= 0.6 is 0 Å². The lowest BCUT2D eigenvalue weighted by atomic mass is 9.90. The van der Waals surface area contributed by atoms with Gasteiger partial charge in [0.25, 0.3) is 0 Å². The summed E-state index contributed by atoms with van der Waals surface area (Å²) in [4.78, 5) is -0.138. The number of hydrogen-bond acceptors (Lipinski definition) is 4. The number of aliphatic hydroxyl groups excluding tert-OH is 1. The van der Waals surface area contributed by atoms with Crippen molar-refractivity contribution in [1.82, 2.24) is 0 Å². The van der Waals surface area contributed by atoms with Crippen molar-refractivity contribution < 1.29 is 26.7 Å². The molecule has 1 aliphatic rings. The lowest BCUT2D eigenvalue weighted by molar-refractivity contribution is 0.0907. The maximum absolute atomic E-state index is 14.2. The molecule has 0 fully saturated rings. The quantitative estimate of drug-likeness (QED) is 0.798. The molecule has 154 valence electrons. The Balaban J connectivity index is 2.17. The summed E-state index contributed by atoms with van der Waals surface area (Å²) in [7, 11) is -3.69. The van der Waals surface area contributed by atoms with Crippen LogP contribution in [0.3, 0.4) is 0 Å². The van der Waals surface area contributed by atoms with Crippen molar-refractivity contribution in [2.45, 2.75) is 49.5 Å². The Labute approximate surface area is 167 Å². The zero-order chi connectivity index (χ0) is 21.5. The standard InChI is InChI=1S/C21H20F3NO3S/c1-11(22)5-13-6-15(23)7-14(10-25)16(13)8-12-3-4-19(29(2,27)28)20-17(12)9-18(24)21(20)26/h3-4,6-7,11,18,21,26H,5,8-9H2,1-2H3. The summed E-state index contributed by atoms with van der Waals surface area (Å²) in [6.07, 6.45) is -3.71. The molecule has 3 unspecified atom stereocenters. The molecule has 1 aliphatic carbocycles. The van der Waals surface area contributed by atoms with Crippen molar-refractivity contribution in [1.29, 1.82) is 5.26 Å². The average Bonchev–Trinajstić information content (AvgIpc) is 2.91. The van der Waals surface area contributed by atoms with Gasteiger partial charge in [-0.1, -0.05) is 6.07 Å². The van der Waals surface area contributed by atoms with Gasteiger partial charge in [0.2, 0.25) is 0 Å². The van der Waals surface area contributed by atoms with Gasteiger partial charge in [0.05, 0.1) is 16.5 Å². The van der Waals surface area contributed by atoms with Crippen molar-refractivity contribution in [3.8, 4) is 6.07 Å². The minimum Gasteiger partial charge on any atom is -0.385 e. The first-order valence-electron chi connectivity index (χ1n) is 9.05. The molecule has 1 N–H and O–H groups in total. The Morgan fingerprint density at radius 2 is 2.00 bits per heavy atom. The number of alkyl halides is 2. The van der Waals surface area contributed by atoms with Crippen molar-refractivity contribution in [2.75, 3.05) is 6.26 Å². The van der Waals surface area contributed by atoms with E-state index >= 15 is 0 Å². The first-order chi connectivity index (χ1) is 13.5. The monoisotopic (exact) mass is 423 g/mol. The highest BCUT2D eigenvalue weighted by molar-refractivity contribution is 7.90. The summed E-state index contributed by atoms with van der Waals surface area (Å²) in [6, 6.07) is 6.95. The molecule has 3 rings (SSSR count). The normalized spacial score (nSPS) is 19.6. The number of nitriles is 1. The highest BCUT2D eigenvalue weighted by Crippen LogP contribution is 2.40. The van der Waals surface area contributed by atoms with Crippen LogP contribution in [-0.2, 0) is 29.1 Å². The maximum Gasteiger partial charge on any atom is 0.175 e. The predicted octanol–water partition coefficient (Wildman–Crippen LogP) is 3.52. The molecule has 29 heavy (non-hydrogen) atoms. The number of halogens is 3. The molecule has 0 bridgehead atoms. The molecule has 3 atom stereocenters. The minimum absolute atomic E-state index is 0.0264. The van der Waals surface area contributed by atoms with Crippen LogP contribution in [0.15, 0.2) is 29.2 Å². The van der Waals surface area contributed by atoms with Crippen LogP contribution < -0.4 is 0 Å². The molecule has 2 aromatic carbocycles. The zero-order valence-electron chi connectivity index (χ0n) is 15.9. The molecule has 0 radical (unpaired) electrons. The van der Waals surface area contributed by atoms with Gasteiger partial charge in [0.1, 0.15) is 24.3 Å². The Bertz CT molecular complexity index is 1110. The molecule has 0 amide bonds. The fourth-order valence-corrected chi connectivity index (χ4v) is 4.87. The molecule has 0 saturated heterocycles. The molecule has 0 aliphatic heterocycles. The Hall–Kier alpha value is -2.37.